The van der Waals surface area contributed by atoms with Gasteiger partial charge < -0.3 is 9.47 Å². The fourth-order valence-electron chi connectivity index (χ4n) is 0.913. The Bertz CT molecular complexity index is 156. The molecule has 0 aliphatic carbocycles. The van der Waals surface area contributed by atoms with Crippen LogP contribution in [-0.4, -0.2) is 32.1 Å². The fourth-order valence-corrected chi connectivity index (χ4v) is 0.913. The molecule has 1 unspecified atom stereocenters. The molecule has 56 valence electrons. The second kappa shape index (κ2) is 2.92. The highest BCUT2D eigenvalue weighted by atomic mass is 16.6. The number of isocyanates is 1. The normalized spacial score (nSPS) is 31.7. The molecule has 1 aliphatic heterocycles. The van der Waals surface area contributed by atoms with Crippen molar-refractivity contribution in [3.05, 3.63) is 0 Å². The standard InChI is InChI=1S/C6H9NO3/c1-9-6(7-5-8)2-3-10-4-6/h2-4H2,1H3. The summed E-state index contributed by atoms with van der Waals surface area (Å²) in [5.41, 5.74) is -0.734. The van der Waals surface area contributed by atoms with Gasteiger partial charge in [0.1, 0.15) is 0 Å². The van der Waals surface area contributed by atoms with Crippen molar-refractivity contribution in [1.82, 2.24) is 0 Å². The number of hydrogen-bond acceptors (Lipinski definition) is 4. The molecule has 1 heterocycles. The fraction of sp³-hybridized carbons (Fsp3) is 0.833. The Hall–Kier alpha value is -0.700. The van der Waals surface area contributed by atoms with Crippen molar-refractivity contribution in [2.24, 2.45) is 4.99 Å². The molecule has 1 atom stereocenters. The predicted molar refractivity (Wildman–Crippen MR) is 33.3 cm³/mol. The van der Waals surface area contributed by atoms with Crippen LogP contribution in [0.3, 0.4) is 0 Å². The lowest BCUT2D eigenvalue weighted by molar-refractivity contribution is -0.00940. The number of ether oxygens (including phenoxy) is 2. The lowest BCUT2D eigenvalue weighted by Gasteiger charge is -2.17. The van der Waals surface area contributed by atoms with Crippen molar-refractivity contribution in [3.63, 3.8) is 0 Å². The molecule has 0 aromatic rings. The van der Waals surface area contributed by atoms with Crippen molar-refractivity contribution in [2.45, 2.75) is 12.1 Å². The van der Waals surface area contributed by atoms with Crippen molar-refractivity contribution in [2.75, 3.05) is 20.3 Å². The molecule has 4 nitrogen and oxygen atoms in total. The minimum absolute atomic E-state index is 0.360. The summed E-state index contributed by atoms with van der Waals surface area (Å²) in [4.78, 5) is 13.4. The predicted octanol–water partition coefficient (Wildman–Crippen LogP) is 0.0852. The van der Waals surface area contributed by atoms with E-state index in [1.54, 1.807) is 0 Å². The first-order chi connectivity index (χ1) is 4.83. The van der Waals surface area contributed by atoms with Gasteiger partial charge in [0, 0.05) is 13.5 Å². The van der Waals surface area contributed by atoms with Crippen LogP contribution < -0.4 is 0 Å². The summed E-state index contributed by atoms with van der Waals surface area (Å²) in [6.45, 7) is 0.956. The zero-order chi connectivity index (χ0) is 7.45. The summed E-state index contributed by atoms with van der Waals surface area (Å²) in [6, 6.07) is 0. The van der Waals surface area contributed by atoms with E-state index in [1.165, 1.54) is 13.2 Å². The van der Waals surface area contributed by atoms with Gasteiger partial charge in [-0.05, 0) is 0 Å². The van der Waals surface area contributed by atoms with Gasteiger partial charge in [-0.15, -0.1) is 0 Å². The highest BCUT2D eigenvalue weighted by Gasteiger charge is 2.34. The molecule has 0 saturated carbocycles. The van der Waals surface area contributed by atoms with Gasteiger partial charge in [0.05, 0.1) is 13.2 Å². The largest absolute Gasteiger partial charge is 0.376 e. The molecule has 1 saturated heterocycles. The second-order valence-corrected chi connectivity index (χ2v) is 2.16. The molecule has 4 heteroatoms. The molecule has 1 aliphatic rings. The van der Waals surface area contributed by atoms with E-state index in [1.807, 2.05) is 0 Å². The summed E-state index contributed by atoms with van der Waals surface area (Å²) >= 11 is 0. The van der Waals surface area contributed by atoms with Crippen molar-refractivity contribution < 1.29 is 14.3 Å². The maximum Gasteiger partial charge on any atom is 0.238 e. The summed E-state index contributed by atoms with van der Waals surface area (Å²) in [6.07, 6.45) is 2.11. The minimum atomic E-state index is -0.734. The number of rotatable bonds is 2. The molecule has 1 fully saturated rings. The smallest absolute Gasteiger partial charge is 0.238 e. The van der Waals surface area contributed by atoms with E-state index < -0.39 is 5.72 Å². The van der Waals surface area contributed by atoms with E-state index in [9.17, 15) is 4.79 Å². The van der Waals surface area contributed by atoms with E-state index in [-0.39, 0.29) is 0 Å². The summed E-state index contributed by atoms with van der Waals surface area (Å²) in [5, 5.41) is 0. The molecule has 0 amide bonds. The third-order valence-corrected chi connectivity index (χ3v) is 1.59. The molecular formula is C6H9NO3. The van der Waals surface area contributed by atoms with E-state index in [0.717, 1.165) is 0 Å². The van der Waals surface area contributed by atoms with Crippen molar-refractivity contribution in [3.8, 4) is 0 Å². The Morgan fingerprint density at radius 2 is 2.60 bits per heavy atom. The zero-order valence-electron chi connectivity index (χ0n) is 5.79. The van der Waals surface area contributed by atoms with Gasteiger partial charge in [0.2, 0.25) is 6.08 Å². The summed E-state index contributed by atoms with van der Waals surface area (Å²) in [7, 11) is 1.51. The van der Waals surface area contributed by atoms with Gasteiger partial charge >= 0.3 is 0 Å². The molecule has 0 aromatic carbocycles. The van der Waals surface area contributed by atoms with Crippen LogP contribution in [0.25, 0.3) is 0 Å². The Labute approximate surface area is 58.8 Å². The molecule has 0 aromatic heterocycles. The lowest BCUT2D eigenvalue weighted by atomic mass is 10.2. The number of hydrogen-bond donors (Lipinski definition) is 0. The first-order valence-corrected chi connectivity index (χ1v) is 3.05. The van der Waals surface area contributed by atoms with Crippen LogP contribution in [0.4, 0.5) is 0 Å². The first kappa shape index (κ1) is 7.41. The Morgan fingerprint density at radius 1 is 1.80 bits per heavy atom. The topological polar surface area (TPSA) is 47.9 Å². The molecule has 0 spiro atoms. The molecule has 0 bridgehead atoms. The Morgan fingerprint density at radius 3 is 3.00 bits per heavy atom. The zero-order valence-corrected chi connectivity index (χ0v) is 5.79. The second-order valence-electron chi connectivity index (χ2n) is 2.16. The van der Waals surface area contributed by atoms with Crippen LogP contribution in [0.5, 0.6) is 0 Å². The highest BCUT2D eigenvalue weighted by molar-refractivity contribution is 5.34. The van der Waals surface area contributed by atoms with Crippen LogP contribution in [0.15, 0.2) is 4.99 Å². The van der Waals surface area contributed by atoms with Crippen molar-refractivity contribution >= 4 is 6.08 Å². The third kappa shape index (κ3) is 1.24. The number of carbonyl (C=O) groups excluding carboxylic acids is 1. The van der Waals surface area contributed by atoms with Gasteiger partial charge in [0.15, 0.2) is 5.72 Å². The van der Waals surface area contributed by atoms with Crippen LogP contribution in [-0.2, 0) is 14.3 Å². The summed E-state index contributed by atoms with van der Waals surface area (Å²) < 4.78 is 9.99. The monoisotopic (exact) mass is 143 g/mol. The van der Waals surface area contributed by atoms with Crippen LogP contribution >= 0.6 is 0 Å². The number of nitrogens with zero attached hydrogens (tertiary/aromatic N) is 1. The third-order valence-electron chi connectivity index (χ3n) is 1.59. The lowest BCUT2D eigenvalue weighted by Crippen LogP contribution is -2.28. The number of aliphatic imine (C=N–C) groups is 1. The van der Waals surface area contributed by atoms with Gasteiger partial charge in [-0.25, -0.2) is 4.79 Å². The molecule has 10 heavy (non-hydrogen) atoms. The molecule has 0 radical (unpaired) electrons. The van der Waals surface area contributed by atoms with Gasteiger partial charge in [-0.1, -0.05) is 0 Å². The van der Waals surface area contributed by atoms with Crippen LogP contribution in [0.2, 0.25) is 0 Å². The first-order valence-electron chi connectivity index (χ1n) is 3.05. The van der Waals surface area contributed by atoms with E-state index in [2.05, 4.69) is 4.99 Å². The van der Waals surface area contributed by atoms with Gasteiger partial charge in [-0.2, -0.15) is 4.99 Å². The van der Waals surface area contributed by atoms with E-state index in [0.29, 0.717) is 19.6 Å². The Kier molecular flexibility index (Phi) is 2.17. The van der Waals surface area contributed by atoms with Crippen LogP contribution in [0.1, 0.15) is 6.42 Å². The summed E-state index contributed by atoms with van der Waals surface area (Å²) in [5.74, 6) is 0. The number of methoxy groups -OCH3 is 1. The Balaban J connectivity index is 2.66. The molecule has 0 N–H and O–H groups in total. The van der Waals surface area contributed by atoms with Gasteiger partial charge in [-0.3, -0.25) is 0 Å². The quantitative estimate of drug-likeness (QED) is 0.406. The minimum Gasteiger partial charge on any atom is -0.376 e. The SMILES string of the molecule is COC1(N=C=O)CCOC1. The average Bonchev–Trinajstić information content (AvgIpc) is 2.39. The van der Waals surface area contributed by atoms with Crippen LogP contribution in [0, 0.1) is 0 Å². The van der Waals surface area contributed by atoms with Crippen molar-refractivity contribution in [1.29, 1.82) is 0 Å². The van der Waals surface area contributed by atoms with Gasteiger partial charge in [0.25, 0.3) is 0 Å². The molecular weight excluding hydrogens is 134 g/mol. The maximum absolute atomic E-state index is 9.90. The average molecular weight is 143 g/mol. The highest BCUT2D eigenvalue weighted by Crippen LogP contribution is 2.22. The molecule has 1 rings (SSSR count). The maximum atomic E-state index is 9.90. The van der Waals surface area contributed by atoms with E-state index in [4.69, 9.17) is 9.47 Å². The van der Waals surface area contributed by atoms with E-state index >= 15 is 0 Å².